The summed E-state index contributed by atoms with van der Waals surface area (Å²) >= 11 is 0. The van der Waals surface area contributed by atoms with Gasteiger partial charge in [0.25, 0.3) is 0 Å². The summed E-state index contributed by atoms with van der Waals surface area (Å²) in [7, 11) is 0. The lowest BCUT2D eigenvalue weighted by atomic mass is 9.86. The number of aliphatic hydroxyl groups excluding tert-OH is 1. The first-order chi connectivity index (χ1) is 14.4. The average Bonchev–Trinajstić information content (AvgIpc) is 2.74. The summed E-state index contributed by atoms with van der Waals surface area (Å²) in [5.41, 5.74) is 2.12. The summed E-state index contributed by atoms with van der Waals surface area (Å²) in [4.78, 5) is 0. The van der Waals surface area contributed by atoms with E-state index in [0.29, 0.717) is 5.75 Å². The molecule has 0 aliphatic heterocycles. The van der Waals surface area contributed by atoms with E-state index in [9.17, 15) is 15.3 Å². The topological polar surface area (TPSA) is 82.0 Å². The van der Waals surface area contributed by atoms with Crippen LogP contribution in [0, 0.1) is 0 Å². The summed E-state index contributed by atoms with van der Waals surface area (Å²) in [5.74, 6) is 1.18. The first-order valence-corrected chi connectivity index (χ1v) is 10.2. The second kappa shape index (κ2) is 10.1. The molecule has 0 heterocycles. The Kier molecular flexibility index (Phi) is 7.33. The number of ether oxygens (including phenoxy) is 1. The maximum atomic E-state index is 10.2. The van der Waals surface area contributed by atoms with Crippen molar-refractivity contribution in [3.63, 3.8) is 0 Å². The highest BCUT2D eigenvalue weighted by atomic mass is 16.5. The quantitative estimate of drug-likeness (QED) is 0.396. The molecule has 0 amide bonds. The molecule has 0 saturated carbocycles. The third-order valence-electron chi connectivity index (χ3n) is 5.07. The Balaban J connectivity index is 1.76. The number of aromatic hydroxyl groups is 2. The molecule has 0 bridgehead atoms. The SMILES string of the molecule is CC(O)C(N[C@@H](C)CC(c1ccc(O)cc1)c1ccc(O)cc1)Oc1ccccc1. The Morgan fingerprint density at radius 2 is 1.27 bits per heavy atom. The fraction of sp³-hybridized carbons (Fsp3) is 0.280. The van der Waals surface area contributed by atoms with E-state index >= 15 is 0 Å². The van der Waals surface area contributed by atoms with Crippen LogP contribution in [0.5, 0.6) is 17.2 Å². The van der Waals surface area contributed by atoms with Gasteiger partial charge in [-0.05, 0) is 67.8 Å². The van der Waals surface area contributed by atoms with Gasteiger partial charge >= 0.3 is 0 Å². The van der Waals surface area contributed by atoms with E-state index in [-0.39, 0.29) is 23.5 Å². The molecule has 158 valence electrons. The predicted octanol–water partition coefficient (Wildman–Crippen LogP) is 4.38. The van der Waals surface area contributed by atoms with Gasteiger partial charge in [-0.1, -0.05) is 42.5 Å². The van der Waals surface area contributed by atoms with Gasteiger partial charge in [-0.2, -0.15) is 0 Å². The molecular weight excluding hydrogens is 378 g/mol. The van der Waals surface area contributed by atoms with Crippen LogP contribution in [0.4, 0.5) is 0 Å². The van der Waals surface area contributed by atoms with Gasteiger partial charge < -0.3 is 20.1 Å². The lowest BCUT2D eigenvalue weighted by Gasteiger charge is -2.29. The first kappa shape index (κ1) is 21.7. The molecule has 3 aromatic rings. The standard InChI is InChI=1S/C25H29NO4/c1-17(26-25(18(2)27)30-23-6-4-3-5-7-23)16-24(19-8-12-21(28)13-9-19)20-10-14-22(29)15-11-20/h3-15,17-18,24-29H,16H2,1-2H3/t17-,18?,25?/m0/s1. The van der Waals surface area contributed by atoms with Crippen molar-refractivity contribution < 1.29 is 20.1 Å². The second-order valence-electron chi connectivity index (χ2n) is 7.63. The molecule has 0 aliphatic rings. The van der Waals surface area contributed by atoms with E-state index in [1.807, 2.05) is 54.6 Å². The van der Waals surface area contributed by atoms with Crippen molar-refractivity contribution in [3.8, 4) is 17.2 Å². The van der Waals surface area contributed by atoms with E-state index in [2.05, 4.69) is 12.2 Å². The van der Waals surface area contributed by atoms with Crippen molar-refractivity contribution in [2.24, 2.45) is 0 Å². The van der Waals surface area contributed by atoms with Crippen LogP contribution in [0.2, 0.25) is 0 Å². The molecule has 3 rings (SSSR count). The van der Waals surface area contributed by atoms with E-state index in [1.54, 1.807) is 31.2 Å². The van der Waals surface area contributed by atoms with Crippen LogP contribution in [0.25, 0.3) is 0 Å². The highest BCUT2D eigenvalue weighted by Gasteiger charge is 2.23. The molecule has 0 fully saturated rings. The van der Waals surface area contributed by atoms with Gasteiger partial charge in [-0.3, -0.25) is 5.32 Å². The maximum Gasteiger partial charge on any atom is 0.176 e. The first-order valence-electron chi connectivity index (χ1n) is 10.2. The van der Waals surface area contributed by atoms with Crippen molar-refractivity contribution in [2.45, 2.75) is 44.6 Å². The number of phenols is 2. The zero-order chi connectivity index (χ0) is 21.5. The van der Waals surface area contributed by atoms with Crippen molar-refractivity contribution >= 4 is 0 Å². The van der Waals surface area contributed by atoms with Gasteiger partial charge in [0.2, 0.25) is 0 Å². The smallest absolute Gasteiger partial charge is 0.176 e. The summed E-state index contributed by atoms with van der Waals surface area (Å²) in [6.45, 7) is 3.75. The normalized spacial score (nSPS) is 14.3. The minimum Gasteiger partial charge on any atom is -0.508 e. The van der Waals surface area contributed by atoms with Crippen LogP contribution >= 0.6 is 0 Å². The molecular formula is C25H29NO4. The third kappa shape index (κ3) is 5.99. The number of para-hydroxylation sites is 1. The van der Waals surface area contributed by atoms with Crippen LogP contribution in [0.1, 0.15) is 37.3 Å². The highest BCUT2D eigenvalue weighted by molar-refractivity contribution is 5.37. The predicted molar refractivity (Wildman–Crippen MR) is 118 cm³/mol. The number of aliphatic hydroxyl groups is 1. The van der Waals surface area contributed by atoms with Crippen LogP contribution in [-0.4, -0.2) is 33.7 Å². The molecule has 0 aromatic heterocycles. The molecule has 3 aromatic carbocycles. The minimum absolute atomic E-state index is 0.0147. The van der Waals surface area contributed by atoms with Crippen molar-refractivity contribution in [3.05, 3.63) is 90.0 Å². The van der Waals surface area contributed by atoms with Gasteiger partial charge in [0.05, 0.1) is 0 Å². The Morgan fingerprint density at radius 3 is 1.73 bits per heavy atom. The maximum absolute atomic E-state index is 10.2. The molecule has 0 radical (unpaired) electrons. The van der Waals surface area contributed by atoms with E-state index < -0.39 is 12.3 Å². The largest absolute Gasteiger partial charge is 0.508 e. The Labute approximate surface area is 177 Å². The summed E-state index contributed by atoms with van der Waals surface area (Å²) in [6, 6.07) is 23.8. The van der Waals surface area contributed by atoms with E-state index in [0.717, 1.165) is 17.5 Å². The summed E-state index contributed by atoms with van der Waals surface area (Å²) in [5, 5.41) is 32.9. The van der Waals surface area contributed by atoms with Gasteiger partial charge in [0.1, 0.15) is 23.4 Å². The van der Waals surface area contributed by atoms with Gasteiger partial charge in [0, 0.05) is 12.0 Å². The molecule has 5 nitrogen and oxygen atoms in total. The molecule has 4 N–H and O–H groups in total. The molecule has 0 spiro atoms. The molecule has 30 heavy (non-hydrogen) atoms. The molecule has 0 saturated heterocycles. The monoisotopic (exact) mass is 407 g/mol. The Hall–Kier alpha value is -3.02. The zero-order valence-electron chi connectivity index (χ0n) is 17.3. The number of hydrogen-bond donors (Lipinski definition) is 4. The Morgan fingerprint density at radius 1 is 0.767 bits per heavy atom. The van der Waals surface area contributed by atoms with Gasteiger partial charge in [-0.15, -0.1) is 0 Å². The molecule has 5 heteroatoms. The number of hydrogen-bond acceptors (Lipinski definition) is 5. The Bertz CT molecular complexity index is 849. The number of rotatable bonds is 9. The summed E-state index contributed by atoms with van der Waals surface area (Å²) < 4.78 is 5.94. The third-order valence-corrected chi connectivity index (χ3v) is 5.07. The van der Waals surface area contributed by atoms with Crippen molar-refractivity contribution in [1.29, 1.82) is 0 Å². The number of benzene rings is 3. The summed E-state index contributed by atoms with van der Waals surface area (Å²) in [6.07, 6.45) is -0.521. The average molecular weight is 408 g/mol. The number of nitrogens with one attached hydrogen (secondary N) is 1. The van der Waals surface area contributed by atoms with Gasteiger partial charge in [-0.25, -0.2) is 0 Å². The molecule has 0 aliphatic carbocycles. The van der Waals surface area contributed by atoms with Gasteiger partial charge in [0.15, 0.2) is 6.23 Å². The van der Waals surface area contributed by atoms with Crippen molar-refractivity contribution in [1.82, 2.24) is 5.32 Å². The van der Waals surface area contributed by atoms with E-state index in [4.69, 9.17) is 4.74 Å². The lowest BCUT2D eigenvalue weighted by molar-refractivity contribution is 0.0196. The minimum atomic E-state index is -0.701. The van der Waals surface area contributed by atoms with Crippen LogP contribution in [0.15, 0.2) is 78.9 Å². The van der Waals surface area contributed by atoms with Crippen LogP contribution in [-0.2, 0) is 0 Å². The second-order valence-corrected chi connectivity index (χ2v) is 7.63. The van der Waals surface area contributed by atoms with Crippen LogP contribution < -0.4 is 10.1 Å². The highest BCUT2D eigenvalue weighted by Crippen LogP contribution is 2.31. The van der Waals surface area contributed by atoms with Crippen molar-refractivity contribution in [2.75, 3.05) is 0 Å². The molecule has 2 unspecified atom stereocenters. The number of phenolic OH excluding ortho intramolecular Hbond substituents is 2. The fourth-order valence-corrected chi connectivity index (χ4v) is 3.50. The lowest BCUT2D eigenvalue weighted by Crippen LogP contribution is -2.47. The van der Waals surface area contributed by atoms with E-state index in [1.165, 1.54) is 0 Å². The molecule has 3 atom stereocenters. The zero-order valence-corrected chi connectivity index (χ0v) is 17.3. The fourth-order valence-electron chi connectivity index (χ4n) is 3.50. The van der Waals surface area contributed by atoms with Crippen LogP contribution in [0.3, 0.4) is 0 Å².